The largest absolute Gasteiger partial charge is 0.461 e. The smallest absolute Gasteiger partial charge is 0.327 e. The quantitative estimate of drug-likeness (QED) is 0.600. The fourth-order valence-electron chi connectivity index (χ4n) is 3.12. The van der Waals surface area contributed by atoms with Gasteiger partial charge in [0.05, 0.1) is 15.6 Å². The van der Waals surface area contributed by atoms with Gasteiger partial charge in [-0.05, 0) is 24.6 Å². The Morgan fingerprint density at radius 2 is 2.04 bits per heavy atom. The number of aromatic amines is 2. The number of halogens is 2. The Bertz CT molecular complexity index is 1070. The minimum atomic E-state index is -0.873. The van der Waals surface area contributed by atoms with Crippen LogP contribution in [-0.4, -0.2) is 28.3 Å². The summed E-state index contributed by atoms with van der Waals surface area (Å²) in [7, 11) is 0. The SMILES string of the molecule is C=CCOC(=O)C1C(C)=Nc2[nH]c(=O)[nH]c(=O)c2C1c1ccc(Cl)c(Cl)c1. The second-order valence-electron chi connectivity index (χ2n) is 5.97. The molecular formula is C18H15Cl2N3O4. The molecule has 0 radical (unpaired) electrons. The number of nitrogens with zero attached hydrogens (tertiary/aromatic N) is 1. The molecule has 3 rings (SSSR count). The molecule has 140 valence electrons. The lowest BCUT2D eigenvalue weighted by Crippen LogP contribution is -2.38. The van der Waals surface area contributed by atoms with Crippen LogP contribution in [0.25, 0.3) is 0 Å². The maximum Gasteiger partial charge on any atom is 0.327 e. The number of ether oxygens (including phenoxy) is 1. The Hall–Kier alpha value is -2.64. The van der Waals surface area contributed by atoms with Crippen molar-refractivity contribution in [2.24, 2.45) is 10.9 Å². The summed E-state index contributed by atoms with van der Waals surface area (Å²) >= 11 is 12.1. The van der Waals surface area contributed by atoms with E-state index >= 15 is 0 Å². The van der Waals surface area contributed by atoms with Gasteiger partial charge in [-0.1, -0.05) is 41.9 Å². The van der Waals surface area contributed by atoms with E-state index in [0.29, 0.717) is 16.3 Å². The lowest BCUT2D eigenvalue weighted by atomic mass is 9.77. The Morgan fingerprint density at radius 1 is 1.30 bits per heavy atom. The molecule has 27 heavy (non-hydrogen) atoms. The maximum atomic E-state index is 12.7. The van der Waals surface area contributed by atoms with E-state index in [1.54, 1.807) is 25.1 Å². The first-order chi connectivity index (χ1) is 12.8. The van der Waals surface area contributed by atoms with Crippen molar-refractivity contribution in [1.82, 2.24) is 9.97 Å². The second kappa shape index (κ2) is 7.54. The number of H-pyrrole nitrogens is 2. The molecule has 2 unspecified atom stereocenters. The number of nitrogens with one attached hydrogen (secondary N) is 2. The van der Waals surface area contributed by atoms with E-state index < -0.39 is 29.1 Å². The van der Waals surface area contributed by atoms with Gasteiger partial charge in [0.15, 0.2) is 0 Å². The molecule has 2 aromatic rings. The Morgan fingerprint density at radius 3 is 2.70 bits per heavy atom. The number of hydrogen-bond acceptors (Lipinski definition) is 5. The fraction of sp³-hybridized carbons (Fsp3) is 0.222. The van der Waals surface area contributed by atoms with Gasteiger partial charge in [-0.15, -0.1) is 0 Å². The first kappa shape index (κ1) is 19.1. The van der Waals surface area contributed by atoms with Crippen LogP contribution in [-0.2, 0) is 9.53 Å². The first-order valence-corrected chi connectivity index (χ1v) is 8.73. The van der Waals surface area contributed by atoms with E-state index in [-0.39, 0.29) is 23.0 Å². The van der Waals surface area contributed by atoms with Crippen LogP contribution in [0.4, 0.5) is 5.82 Å². The molecule has 7 nitrogen and oxygen atoms in total. The summed E-state index contributed by atoms with van der Waals surface area (Å²) < 4.78 is 5.20. The van der Waals surface area contributed by atoms with Gasteiger partial charge < -0.3 is 4.74 Å². The van der Waals surface area contributed by atoms with Crippen molar-refractivity contribution in [3.8, 4) is 0 Å². The molecule has 0 fully saturated rings. The van der Waals surface area contributed by atoms with Crippen LogP contribution >= 0.6 is 23.2 Å². The van der Waals surface area contributed by atoms with Crippen molar-refractivity contribution in [3.05, 3.63) is 72.9 Å². The Labute approximate surface area is 163 Å². The van der Waals surface area contributed by atoms with Crippen molar-refractivity contribution in [2.45, 2.75) is 12.8 Å². The molecule has 0 spiro atoms. The van der Waals surface area contributed by atoms with Gasteiger partial charge in [0, 0.05) is 11.6 Å². The second-order valence-corrected chi connectivity index (χ2v) is 6.79. The molecule has 9 heteroatoms. The monoisotopic (exact) mass is 407 g/mol. The summed E-state index contributed by atoms with van der Waals surface area (Å²) in [6.07, 6.45) is 1.44. The minimum absolute atomic E-state index is 0.0194. The molecule has 0 bridgehead atoms. The van der Waals surface area contributed by atoms with E-state index in [0.717, 1.165) is 0 Å². The molecule has 1 aromatic heterocycles. The van der Waals surface area contributed by atoms with Gasteiger partial charge in [-0.3, -0.25) is 19.6 Å². The third-order valence-electron chi connectivity index (χ3n) is 4.24. The predicted molar refractivity (Wildman–Crippen MR) is 103 cm³/mol. The van der Waals surface area contributed by atoms with Gasteiger partial charge in [-0.2, -0.15) is 0 Å². The van der Waals surface area contributed by atoms with Crippen LogP contribution in [0.5, 0.6) is 0 Å². The number of esters is 1. The number of carbonyl (C=O) groups excluding carboxylic acids is 1. The number of rotatable bonds is 4. The molecule has 0 saturated carbocycles. The summed E-state index contributed by atoms with van der Waals surface area (Å²) in [4.78, 5) is 45.8. The highest BCUT2D eigenvalue weighted by atomic mass is 35.5. The van der Waals surface area contributed by atoms with Crippen LogP contribution in [0.15, 0.2) is 45.4 Å². The van der Waals surface area contributed by atoms with Gasteiger partial charge in [-0.25, -0.2) is 9.79 Å². The van der Waals surface area contributed by atoms with Crippen molar-refractivity contribution in [3.63, 3.8) is 0 Å². The van der Waals surface area contributed by atoms with E-state index in [1.807, 2.05) is 0 Å². The number of aliphatic imine (C=N–C) groups is 1. The van der Waals surface area contributed by atoms with Crippen molar-refractivity contribution in [1.29, 1.82) is 0 Å². The Balaban J connectivity index is 2.25. The molecule has 2 atom stereocenters. The lowest BCUT2D eigenvalue weighted by molar-refractivity contribution is -0.145. The summed E-state index contributed by atoms with van der Waals surface area (Å²) in [5.41, 5.74) is -0.204. The highest BCUT2D eigenvalue weighted by Crippen LogP contribution is 2.41. The molecular weight excluding hydrogens is 393 g/mol. The van der Waals surface area contributed by atoms with Crippen molar-refractivity contribution >= 4 is 40.7 Å². The third kappa shape index (κ3) is 3.61. The summed E-state index contributed by atoms with van der Waals surface area (Å²) in [6, 6.07) is 4.82. The lowest BCUT2D eigenvalue weighted by Gasteiger charge is -2.30. The van der Waals surface area contributed by atoms with E-state index in [1.165, 1.54) is 6.08 Å². The van der Waals surface area contributed by atoms with E-state index in [2.05, 4.69) is 21.5 Å². The number of aromatic nitrogens is 2. The molecule has 1 aromatic carbocycles. The van der Waals surface area contributed by atoms with Crippen molar-refractivity contribution in [2.75, 3.05) is 6.61 Å². The van der Waals surface area contributed by atoms with Gasteiger partial charge in [0.25, 0.3) is 5.56 Å². The van der Waals surface area contributed by atoms with Crippen LogP contribution in [0.3, 0.4) is 0 Å². The number of fused-ring (bicyclic) bond motifs is 1. The minimum Gasteiger partial charge on any atom is -0.461 e. The zero-order valence-corrected chi connectivity index (χ0v) is 15.7. The van der Waals surface area contributed by atoms with Crippen LogP contribution in [0.2, 0.25) is 10.0 Å². The van der Waals surface area contributed by atoms with Gasteiger partial charge >= 0.3 is 11.7 Å². The summed E-state index contributed by atoms with van der Waals surface area (Å²) in [5, 5.41) is 0.609. The van der Waals surface area contributed by atoms with Crippen molar-refractivity contribution < 1.29 is 9.53 Å². The standard InChI is InChI=1S/C18H15Cl2N3O4/c1-3-6-27-17(25)12-8(2)21-15-14(16(24)23-18(26)22-15)13(12)9-4-5-10(19)11(20)7-9/h3-5,7,12-13H,1,6H2,2H3,(H2,22,23,24,26). The molecule has 1 aliphatic heterocycles. The average molecular weight is 408 g/mol. The van der Waals surface area contributed by atoms with E-state index in [9.17, 15) is 14.4 Å². The Kier molecular flexibility index (Phi) is 5.34. The molecule has 1 aliphatic rings. The molecule has 0 amide bonds. The summed E-state index contributed by atoms with van der Waals surface area (Å²) in [6.45, 7) is 5.17. The van der Waals surface area contributed by atoms with Crippen LogP contribution in [0, 0.1) is 5.92 Å². The summed E-state index contributed by atoms with van der Waals surface area (Å²) in [5.74, 6) is -2.10. The zero-order valence-electron chi connectivity index (χ0n) is 14.2. The molecule has 0 aliphatic carbocycles. The van der Waals surface area contributed by atoms with Crippen LogP contribution in [0.1, 0.15) is 24.0 Å². The number of hydrogen-bond donors (Lipinski definition) is 2. The molecule has 0 saturated heterocycles. The highest BCUT2D eigenvalue weighted by molar-refractivity contribution is 6.42. The molecule has 2 heterocycles. The van der Waals surface area contributed by atoms with Gasteiger partial charge in [0.2, 0.25) is 0 Å². The maximum absolute atomic E-state index is 12.7. The van der Waals surface area contributed by atoms with Crippen LogP contribution < -0.4 is 11.2 Å². The topological polar surface area (TPSA) is 104 Å². The van der Waals surface area contributed by atoms with E-state index in [4.69, 9.17) is 27.9 Å². The fourth-order valence-corrected chi connectivity index (χ4v) is 3.42. The number of carbonyl (C=O) groups is 1. The third-order valence-corrected chi connectivity index (χ3v) is 4.98. The average Bonchev–Trinajstić information content (AvgIpc) is 2.60. The number of benzene rings is 1. The first-order valence-electron chi connectivity index (χ1n) is 7.97. The normalized spacial score (nSPS) is 18.4. The molecule has 2 N–H and O–H groups in total. The predicted octanol–water partition coefficient (Wildman–Crippen LogP) is 2.95. The highest BCUT2D eigenvalue weighted by Gasteiger charge is 2.41. The zero-order chi connectivity index (χ0) is 19.7. The van der Waals surface area contributed by atoms with Gasteiger partial charge in [0.1, 0.15) is 18.3 Å².